The van der Waals surface area contributed by atoms with Gasteiger partial charge in [0.15, 0.2) is 5.78 Å². The predicted octanol–water partition coefficient (Wildman–Crippen LogP) is 3.83. The van der Waals surface area contributed by atoms with Gasteiger partial charge in [0.05, 0.1) is 28.7 Å². The first kappa shape index (κ1) is 19.2. The summed E-state index contributed by atoms with van der Waals surface area (Å²) < 4.78 is 6.65. The molecule has 10 heteroatoms. The molecule has 1 heterocycles. The largest absolute Gasteiger partial charge is 0.497 e. The van der Waals surface area contributed by atoms with Crippen molar-refractivity contribution in [2.75, 3.05) is 13.7 Å². The topological polar surface area (TPSA) is 140 Å². The Labute approximate surface area is 169 Å². The molecule has 0 spiro atoms. The number of hydrogen-bond donors (Lipinski definition) is 0. The van der Waals surface area contributed by atoms with Crippen molar-refractivity contribution in [3.05, 3.63) is 78.4 Å². The standard InChI is InChI=1S/C20H15N5O5/c1-30-12-4-6-14-15(10-12)19(26)17-13-5-3-11(25(28)29)9-16(13)20(27)24(18(14)17)8-2-7-22-23-21/h3-6,9-10H,2,7-8H2,1H3. The van der Waals surface area contributed by atoms with Crippen LogP contribution in [0.2, 0.25) is 0 Å². The van der Waals surface area contributed by atoms with Crippen LogP contribution in [0.1, 0.15) is 22.3 Å². The second kappa shape index (κ2) is 7.34. The van der Waals surface area contributed by atoms with Crippen molar-refractivity contribution in [1.29, 1.82) is 0 Å². The lowest BCUT2D eigenvalue weighted by molar-refractivity contribution is -0.384. The maximum Gasteiger partial charge on any atom is 0.270 e. The highest BCUT2D eigenvalue weighted by atomic mass is 16.6. The normalized spacial score (nSPS) is 11.7. The first-order valence-corrected chi connectivity index (χ1v) is 9.07. The molecule has 0 aliphatic heterocycles. The monoisotopic (exact) mass is 405 g/mol. The third-order valence-electron chi connectivity index (χ3n) is 5.12. The molecule has 150 valence electrons. The third-order valence-corrected chi connectivity index (χ3v) is 5.12. The Morgan fingerprint density at radius 3 is 2.67 bits per heavy atom. The van der Waals surface area contributed by atoms with Crippen LogP contribution in [0.4, 0.5) is 5.69 Å². The Kier molecular flexibility index (Phi) is 4.69. The Morgan fingerprint density at radius 1 is 1.17 bits per heavy atom. The van der Waals surface area contributed by atoms with E-state index in [-0.39, 0.29) is 29.9 Å². The quantitative estimate of drug-likeness (QED) is 0.120. The van der Waals surface area contributed by atoms with E-state index in [1.54, 1.807) is 18.2 Å². The second-order valence-corrected chi connectivity index (χ2v) is 6.72. The summed E-state index contributed by atoms with van der Waals surface area (Å²) in [4.78, 5) is 39.8. The number of methoxy groups -OCH3 is 1. The molecule has 1 aliphatic carbocycles. The Bertz CT molecular complexity index is 1340. The number of carbonyl (C=O) groups excluding carboxylic acids is 1. The molecule has 1 aliphatic rings. The number of hydrogen-bond acceptors (Lipinski definition) is 6. The summed E-state index contributed by atoms with van der Waals surface area (Å²) in [7, 11) is 1.49. The number of rotatable bonds is 6. The van der Waals surface area contributed by atoms with Crippen molar-refractivity contribution in [3.8, 4) is 17.0 Å². The molecule has 0 amide bonds. The predicted molar refractivity (Wildman–Crippen MR) is 109 cm³/mol. The van der Waals surface area contributed by atoms with Crippen LogP contribution >= 0.6 is 0 Å². The Balaban J connectivity index is 2.03. The highest BCUT2D eigenvalue weighted by molar-refractivity contribution is 6.26. The van der Waals surface area contributed by atoms with Crippen molar-refractivity contribution >= 4 is 22.2 Å². The van der Waals surface area contributed by atoms with E-state index < -0.39 is 10.5 Å². The number of azide groups is 1. The lowest BCUT2D eigenvalue weighted by Crippen LogP contribution is -2.24. The van der Waals surface area contributed by atoms with E-state index in [2.05, 4.69) is 10.0 Å². The zero-order valence-corrected chi connectivity index (χ0v) is 15.9. The number of nitro benzene ring substituents is 1. The summed E-state index contributed by atoms with van der Waals surface area (Å²) in [5.74, 6) is 0.230. The zero-order chi connectivity index (χ0) is 21.4. The van der Waals surface area contributed by atoms with Gasteiger partial charge in [0.1, 0.15) is 5.75 Å². The molecule has 0 saturated heterocycles. The van der Waals surface area contributed by atoms with Gasteiger partial charge in [-0.2, -0.15) is 0 Å². The average molecular weight is 405 g/mol. The van der Waals surface area contributed by atoms with Crippen molar-refractivity contribution in [3.63, 3.8) is 0 Å². The first-order valence-electron chi connectivity index (χ1n) is 9.07. The Morgan fingerprint density at radius 2 is 1.97 bits per heavy atom. The second-order valence-electron chi connectivity index (χ2n) is 6.72. The molecule has 0 radical (unpaired) electrons. The number of ketones is 1. The fourth-order valence-corrected chi connectivity index (χ4v) is 3.80. The number of non-ortho nitro benzene ring substituents is 1. The fraction of sp³-hybridized carbons (Fsp3) is 0.200. The Hall–Kier alpha value is -4.17. The summed E-state index contributed by atoms with van der Waals surface area (Å²) in [5.41, 5.74) is 9.59. The molecule has 0 saturated carbocycles. The lowest BCUT2D eigenvalue weighted by atomic mass is 10.0. The van der Waals surface area contributed by atoms with Crippen LogP contribution in [0, 0.1) is 10.1 Å². The molecular formula is C20H15N5O5. The number of ether oxygens (including phenoxy) is 1. The van der Waals surface area contributed by atoms with E-state index in [1.807, 2.05) is 0 Å². The van der Waals surface area contributed by atoms with Gasteiger partial charge in [0.2, 0.25) is 0 Å². The molecule has 0 atom stereocenters. The summed E-state index contributed by atoms with van der Waals surface area (Å²) in [6, 6.07) is 8.96. The molecular weight excluding hydrogens is 390 g/mol. The molecule has 30 heavy (non-hydrogen) atoms. The minimum absolute atomic E-state index is 0.0971. The minimum atomic E-state index is -0.584. The van der Waals surface area contributed by atoms with Crippen LogP contribution in [0.5, 0.6) is 5.75 Å². The van der Waals surface area contributed by atoms with Gasteiger partial charge >= 0.3 is 0 Å². The fourth-order valence-electron chi connectivity index (χ4n) is 3.80. The molecule has 0 N–H and O–H groups in total. The summed E-state index contributed by atoms with van der Waals surface area (Å²) in [6.45, 7) is 0.367. The maximum absolute atomic E-state index is 13.3. The number of pyridine rings is 1. The highest BCUT2D eigenvalue weighted by Gasteiger charge is 2.33. The van der Waals surface area contributed by atoms with Crippen molar-refractivity contribution in [2.24, 2.45) is 5.11 Å². The van der Waals surface area contributed by atoms with E-state index in [4.69, 9.17) is 10.3 Å². The number of fused-ring (bicyclic) bond motifs is 5. The van der Waals surface area contributed by atoms with Crippen molar-refractivity contribution < 1.29 is 14.5 Å². The molecule has 10 nitrogen and oxygen atoms in total. The average Bonchev–Trinajstić information content (AvgIpc) is 3.04. The van der Waals surface area contributed by atoms with Gasteiger partial charge in [-0.1, -0.05) is 5.11 Å². The van der Waals surface area contributed by atoms with Gasteiger partial charge in [0, 0.05) is 46.6 Å². The number of carbonyl (C=O) groups is 1. The molecule has 1 aromatic heterocycles. The SMILES string of the molecule is COc1ccc2c(c1)C(=O)c1c-2n(CCCN=[N+]=[N-])c(=O)c2cc([N+](=O)[O-])ccc12. The smallest absolute Gasteiger partial charge is 0.270 e. The molecule has 4 rings (SSSR count). The summed E-state index contributed by atoms with van der Waals surface area (Å²) in [6.07, 6.45) is 0.372. The minimum Gasteiger partial charge on any atom is -0.497 e. The van der Waals surface area contributed by atoms with Gasteiger partial charge in [-0.25, -0.2) is 0 Å². The van der Waals surface area contributed by atoms with Crippen molar-refractivity contribution in [1.82, 2.24) is 4.57 Å². The van der Waals surface area contributed by atoms with Crippen LogP contribution in [-0.4, -0.2) is 28.9 Å². The maximum atomic E-state index is 13.3. The third kappa shape index (κ3) is 2.87. The summed E-state index contributed by atoms with van der Waals surface area (Å²) in [5, 5.41) is 15.2. The van der Waals surface area contributed by atoms with Gasteiger partial charge in [-0.3, -0.25) is 19.7 Å². The van der Waals surface area contributed by atoms with E-state index in [0.717, 1.165) is 0 Å². The van der Waals surface area contributed by atoms with Gasteiger partial charge in [-0.05, 0) is 36.2 Å². The van der Waals surface area contributed by atoms with E-state index in [9.17, 15) is 19.7 Å². The van der Waals surface area contributed by atoms with E-state index >= 15 is 0 Å². The van der Waals surface area contributed by atoms with E-state index in [0.29, 0.717) is 39.9 Å². The summed E-state index contributed by atoms with van der Waals surface area (Å²) >= 11 is 0. The van der Waals surface area contributed by atoms with Crippen LogP contribution in [0.25, 0.3) is 32.5 Å². The number of benzene rings is 2. The van der Waals surface area contributed by atoms with Crippen LogP contribution < -0.4 is 10.3 Å². The molecule has 2 aromatic carbocycles. The molecule has 0 unspecified atom stereocenters. The number of aromatic nitrogens is 1. The van der Waals surface area contributed by atoms with Crippen molar-refractivity contribution in [2.45, 2.75) is 13.0 Å². The van der Waals surface area contributed by atoms with Crippen LogP contribution in [-0.2, 0) is 6.54 Å². The molecule has 0 fully saturated rings. The number of nitrogens with zero attached hydrogens (tertiary/aromatic N) is 5. The van der Waals surface area contributed by atoms with Gasteiger partial charge in [-0.15, -0.1) is 0 Å². The van der Waals surface area contributed by atoms with Gasteiger partial charge in [0.25, 0.3) is 11.2 Å². The zero-order valence-electron chi connectivity index (χ0n) is 15.9. The lowest BCUT2D eigenvalue weighted by Gasteiger charge is -2.14. The molecule has 3 aromatic rings. The molecule has 0 bridgehead atoms. The van der Waals surface area contributed by atoms with E-state index in [1.165, 1.54) is 29.9 Å². The highest BCUT2D eigenvalue weighted by Crippen LogP contribution is 2.41. The van der Waals surface area contributed by atoms with Crippen LogP contribution in [0.15, 0.2) is 46.3 Å². The van der Waals surface area contributed by atoms with Gasteiger partial charge < -0.3 is 9.30 Å². The number of nitro groups is 1. The van der Waals surface area contributed by atoms with Crippen LogP contribution in [0.3, 0.4) is 0 Å². The first-order chi connectivity index (χ1) is 14.5.